The van der Waals surface area contributed by atoms with Crippen molar-refractivity contribution in [3.63, 3.8) is 0 Å². The van der Waals surface area contributed by atoms with Crippen molar-refractivity contribution in [2.75, 3.05) is 5.73 Å². The van der Waals surface area contributed by atoms with Crippen LogP contribution in [0, 0.1) is 12.8 Å². The van der Waals surface area contributed by atoms with Gasteiger partial charge in [0, 0.05) is 5.69 Å². The first-order valence-electron chi connectivity index (χ1n) is 5.19. The topological polar surface area (TPSA) is 52.3 Å². The van der Waals surface area contributed by atoms with Crippen LogP contribution in [0.4, 0.5) is 5.69 Å². The fourth-order valence-corrected chi connectivity index (χ4v) is 1.45. The first-order valence-corrected chi connectivity index (χ1v) is 5.19. The molecule has 3 nitrogen and oxygen atoms in total. The van der Waals surface area contributed by atoms with Crippen LogP contribution in [0.2, 0.25) is 0 Å². The molecule has 15 heavy (non-hydrogen) atoms. The summed E-state index contributed by atoms with van der Waals surface area (Å²) < 4.78 is 5.19. The van der Waals surface area contributed by atoms with Gasteiger partial charge in [-0.05, 0) is 37.0 Å². The van der Waals surface area contributed by atoms with Gasteiger partial charge in [-0.2, -0.15) is 0 Å². The zero-order valence-electron chi connectivity index (χ0n) is 8.82. The summed E-state index contributed by atoms with van der Waals surface area (Å²) in [5.74, 6) is 0.0863. The van der Waals surface area contributed by atoms with E-state index in [2.05, 4.69) is 0 Å². The third-order valence-electron chi connectivity index (χ3n) is 2.77. The second-order valence-electron chi connectivity index (χ2n) is 4.01. The maximum atomic E-state index is 11.3. The van der Waals surface area contributed by atoms with E-state index in [-0.39, 0.29) is 11.9 Å². The van der Waals surface area contributed by atoms with E-state index in [0.29, 0.717) is 6.61 Å². The Balaban J connectivity index is 1.98. The van der Waals surface area contributed by atoms with Crippen molar-refractivity contribution in [1.29, 1.82) is 0 Å². The Labute approximate surface area is 89.2 Å². The minimum absolute atomic E-state index is 0.0724. The predicted molar refractivity (Wildman–Crippen MR) is 58.1 cm³/mol. The molecule has 1 aromatic rings. The van der Waals surface area contributed by atoms with Crippen LogP contribution in [0.15, 0.2) is 18.2 Å². The smallest absolute Gasteiger partial charge is 0.309 e. The van der Waals surface area contributed by atoms with E-state index >= 15 is 0 Å². The fraction of sp³-hybridized carbons (Fsp3) is 0.417. The number of benzene rings is 1. The van der Waals surface area contributed by atoms with E-state index in [1.807, 2.05) is 25.1 Å². The molecule has 3 heteroatoms. The number of nitrogens with two attached hydrogens (primary N) is 1. The Kier molecular flexibility index (Phi) is 2.62. The molecule has 0 spiro atoms. The zero-order valence-corrected chi connectivity index (χ0v) is 8.82. The lowest BCUT2D eigenvalue weighted by molar-refractivity contribution is -0.146. The quantitative estimate of drug-likeness (QED) is 0.606. The highest BCUT2D eigenvalue weighted by Crippen LogP contribution is 2.30. The number of hydrogen-bond donors (Lipinski definition) is 1. The summed E-state index contributed by atoms with van der Waals surface area (Å²) in [5.41, 5.74) is 8.49. The monoisotopic (exact) mass is 205 g/mol. The van der Waals surface area contributed by atoms with E-state index in [1.165, 1.54) is 0 Å². The molecule has 0 saturated heterocycles. The Bertz CT molecular complexity index is 383. The Morgan fingerprint density at radius 1 is 1.53 bits per heavy atom. The molecule has 0 radical (unpaired) electrons. The van der Waals surface area contributed by atoms with Crippen molar-refractivity contribution in [1.82, 2.24) is 0 Å². The summed E-state index contributed by atoms with van der Waals surface area (Å²) in [6.07, 6.45) is 1.96. The number of carbonyl (C=O) groups is 1. The number of anilines is 1. The minimum Gasteiger partial charge on any atom is -0.461 e. The maximum absolute atomic E-state index is 11.3. The molecule has 0 unspecified atom stereocenters. The number of esters is 1. The van der Waals surface area contributed by atoms with E-state index in [9.17, 15) is 4.79 Å². The molecule has 0 bridgehead atoms. The molecule has 1 fully saturated rings. The van der Waals surface area contributed by atoms with Gasteiger partial charge in [0.15, 0.2) is 0 Å². The summed E-state index contributed by atoms with van der Waals surface area (Å²) in [5, 5.41) is 0. The molecule has 1 aromatic carbocycles. The minimum atomic E-state index is -0.0724. The van der Waals surface area contributed by atoms with Gasteiger partial charge >= 0.3 is 5.97 Å². The van der Waals surface area contributed by atoms with Crippen LogP contribution < -0.4 is 5.73 Å². The van der Waals surface area contributed by atoms with Gasteiger partial charge in [0.2, 0.25) is 0 Å². The van der Waals surface area contributed by atoms with Crippen LogP contribution in [-0.4, -0.2) is 5.97 Å². The highest BCUT2D eigenvalue weighted by molar-refractivity contribution is 5.74. The molecule has 1 saturated carbocycles. The lowest BCUT2D eigenvalue weighted by Gasteiger charge is -2.08. The largest absolute Gasteiger partial charge is 0.461 e. The summed E-state index contributed by atoms with van der Waals surface area (Å²) in [4.78, 5) is 11.3. The second-order valence-corrected chi connectivity index (χ2v) is 4.01. The van der Waals surface area contributed by atoms with Crippen molar-refractivity contribution < 1.29 is 9.53 Å². The summed E-state index contributed by atoms with van der Waals surface area (Å²) in [6.45, 7) is 2.28. The van der Waals surface area contributed by atoms with E-state index in [0.717, 1.165) is 29.7 Å². The summed E-state index contributed by atoms with van der Waals surface area (Å²) >= 11 is 0. The van der Waals surface area contributed by atoms with Gasteiger partial charge in [0.1, 0.15) is 6.61 Å². The zero-order chi connectivity index (χ0) is 10.8. The number of nitrogen functional groups attached to an aromatic ring is 1. The van der Waals surface area contributed by atoms with Gasteiger partial charge in [-0.25, -0.2) is 0 Å². The highest BCUT2D eigenvalue weighted by Gasteiger charge is 2.31. The van der Waals surface area contributed by atoms with Crippen LogP contribution in [0.1, 0.15) is 24.0 Å². The molecule has 1 aliphatic carbocycles. The predicted octanol–water partition coefficient (Wildman–Crippen LogP) is 2.03. The van der Waals surface area contributed by atoms with E-state index < -0.39 is 0 Å². The third-order valence-corrected chi connectivity index (χ3v) is 2.77. The van der Waals surface area contributed by atoms with Crippen molar-refractivity contribution in [3.05, 3.63) is 29.3 Å². The third kappa shape index (κ3) is 2.29. The molecule has 0 heterocycles. The lowest BCUT2D eigenvalue weighted by atomic mass is 10.1. The highest BCUT2D eigenvalue weighted by atomic mass is 16.5. The van der Waals surface area contributed by atoms with Crippen LogP contribution in [-0.2, 0) is 16.1 Å². The van der Waals surface area contributed by atoms with Crippen LogP contribution in [0.5, 0.6) is 0 Å². The van der Waals surface area contributed by atoms with Gasteiger partial charge in [-0.1, -0.05) is 12.1 Å². The first-order chi connectivity index (χ1) is 7.18. The van der Waals surface area contributed by atoms with Crippen LogP contribution >= 0.6 is 0 Å². The number of carbonyl (C=O) groups excluding carboxylic acids is 1. The summed E-state index contributed by atoms with van der Waals surface area (Å²) in [6, 6.07) is 5.66. The molecule has 1 aliphatic rings. The standard InChI is InChI=1S/C12H15NO2/c1-8-10(3-2-4-11(8)13)7-15-12(14)9-5-6-9/h2-4,9H,5-7,13H2,1H3. The van der Waals surface area contributed by atoms with Crippen LogP contribution in [0.3, 0.4) is 0 Å². The molecule has 0 amide bonds. The Morgan fingerprint density at radius 2 is 2.27 bits per heavy atom. The van der Waals surface area contributed by atoms with Gasteiger partial charge in [-0.3, -0.25) is 4.79 Å². The Morgan fingerprint density at radius 3 is 2.93 bits per heavy atom. The molecule has 2 rings (SSSR count). The van der Waals surface area contributed by atoms with E-state index in [4.69, 9.17) is 10.5 Å². The number of ether oxygens (including phenoxy) is 1. The van der Waals surface area contributed by atoms with Gasteiger partial charge < -0.3 is 10.5 Å². The molecular formula is C12H15NO2. The molecule has 0 atom stereocenters. The number of rotatable bonds is 3. The molecule has 2 N–H and O–H groups in total. The Hall–Kier alpha value is -1.51. The maximum Gasteiger partial charge on any atom is 0.309 e. The van der Waals surface area contributed by atoms with Crippen molar-refractivity contribution in [2.45, 2.75) is 26.4 Å². The van der Waals surface area contributed by atoms with Gasteiger partial charge in [-0.15, -0.1) is 0 Å². The van der Waals surface area contributed by atoms with Crippen LogP contribution in [0.25, 0.3) is 0 Å². The van der Waals surface area contributed by atoms with Gasteiger partial charge in [0.25, 0.3) is 0 Å². The summed E-state index contributed by atoms with van der Waals surface area (Å²) in [7, 11) is 0. The van der Waals surface area contributed by atoms with Crippen molar-refractivity contribution in [3.8, 4) is 0 Å². The second kappa shape index (κ2) is 3.93. The lowest BCUT2D eigenvalue weighted by Crippen LogP contribution is -2.07. The number of hydrogen-bond acceptors (Lipinski definition) is 3. The first kappa shape index (κ1) is 10.0. The molecule has 0 aromatic heterocycles. The van der Waals surface area contributed by atoms with Gasteiger partial charge in [0.05, 0.1) is 5.92 Å². The molecular weight excluding hydrogens is 190 g/mol. The average molecular weight is 205 g/mol. The molecule has 80 valence electrons. The van der Waals surface area contributed by atoms with E-state index in [1.54, 1.807) is 0 Å². The normalized spacial score (nSPS) is 15.0. The molecule has 0 aliphatic heterocycles. The SMILES string of the molecule is Cc1c(N)cccc1COC(=O)C1CC1. The van der Waals surface area contributed by atoms with Crippen molar-refractivity contribution in [2.24, 2.45) is 5.92 Å². The fourth-order valence-electron chi connectivity index (χ4n) is 1.45. The average Bonchev–Trinajstić information content (AvgIpc) is 3.03. The van der Waals surface area contributed by atoms with Crippen molar-refractivity contribution >= 4 is 11.7 Å².